The van der Waals surface area contributed by atoms with Crippen LogP contribution < -0.4 is 10.2 Å². The fourth-order valence-corrected chi connectivity index (χ4v) is 3.20. The van der Waals surface area contributed by atoms with Gasteiger partial charge >= 0.3 is 0 Å². The van der Waals surface area contributed by atoms with Crippen LogP contribution in [0.4, 0.5) is 16.2 Å². The number of amides is 3. The minimum atomic E-state index is -0.709. The molecule has 1 fully saturated rings. The molecule has 2 aromatic rings. The van der Waals surface area contributed by atoms with Crippen LogP contribution in [-0.2, 0) is 9.59 Å². The smallest absolute Gasteiger partial charge is 0.293 e. The zero-order valence-electron chi connectivity index (χ0n) is 12.0. The lowest BCUT2D eigenvalue weighted by molar-refractivity contribution is -0.121. The first-order chi connectivity index (χ1) is 11.1. The van der Waals surface area contributed by atoms with E-state index in [0.29, 0.717) is 11.4 Å². The average Bonchev–Trinajstić information content (AvgIpc) is 2.83. The van der Waals surface area contributed by atoms with Gasteiger partial charge in [0.1, 0.15) is 5.25 Å². The zero-order chi connectivity index (χ0) is 16.2. The van der Waals surface area contributed by atoms with Gasteiger partial charge < -0.3 is 5.32 Å². The van der Waals surface area contributed by atoms with Gasteiger partial charge in [0.2, 0.25) is 11.8 Å². The van der Waals surface area contributed by atoms with Crippen molar-refractivity contribution in [2.24, 2.45) is 0 Å². The van der Waals surface area contributed by atoms with Gasteiger partial charge in [-0.1, -0.05) is 18.2 Å². The zero-order valence-corrected chi connectivity index (χ0v) is 12.8. The Morgan fingerprint density at radius 2 is 1.96 bits per heavy atom. The van der Waals surface area contributed by atoms with E-state index in [4.69, 9.17) is 0 Å². The van der Waals surface area contributed by atoms with Crippen molar-refractivity contribution in [3.05, 3.63) is 54.9 Å². The third-order valence-electron chi connectivity index (χ3n) is 3.25. The van der Waals surface area contributed by atoms with E-state index in [2.05, 4.69) is 10.3 Å². The molecule has 1 aliphatic rings. The van der Waals surface area contributed by atoms with E-state index >= 15 is 0 Å². The molecule has 1 atom stereocenters. The van der Waals surface area contributed by atoms with E-state index in [1.54, 1.807) is 48.7 Å². The molecule has 3 amide bonds. The van der Waals surface area contributed by atoms with Crippen LogP contribution in [0.25, 0.3) is 0 Å². The molecule has 7 heteroatoms. The number of carbonyl (C=O) groups excluding carboxylic acids is 3. The highest BCUT2D eigenvalue weighted by molar-refractivity contribution is 8.15. The Hall–Kier alpha value is -2.67. The number of imide groups is 1. The molecular weight excluding hydrogens is 314 g/mol. The third-order valence-corrected chi connectivity index (χ3v) is 4.29. The Morgan fingerprint density at radius 1 is 1.17 bits per heavy atom. The molecule has 3 rings (SSSR count). The lowest BCUT2D eigenvalue weighted by Gasteiger charge is -2.13. The number of nitrogens with zero attached hydrogens (tertiary/aromatic N) is 2. The van der Waals surface area contributed by atoms with Crippen LogP contribution >= 0.6 is 11.8 Å². The van der Waals surface area contributed by atoms with Gasteiger partial charge in [0, 0.05) is 12.6 Å². The normalized spacial score (nSPS) is 17.4. The molecule has 1 aliphatic heterocycles. The number of pyridine rings is 1. The second-order valence-electron chi connectivity index (χ2n) is 4.88. The number of hydrogen-bond donors (Lipinski definition) is 1. The standard InChI is InChI=1S/C16H13N3O3S/c20-14(18-11-5-4-8-17-10-11)9-13-15(21)19(16(22)23-13)12-6-2-1-3-7-12/h1-8,10,13H,9H2,(H,18,20)/t13-/m1/s1. The fraction of sp³-hybridized carbons (Fsp3) is 0.125. The molecule has 0 radical (unpaired) electrons. The second-order valence-corrected chi connectivity index (χ2v) is 6.03. The van der Waals surface area contributed by atoms with Gasteiger partial charge in [0.15, 0.2) is 0 Å². The number of anilines is 2. The molecule has 0 spiro atoms. The third kappa shape index (κ3) is 3.40. The van der Waals surface area contributed by atoms with Gasteiger partial charge in [0.25, 0.3) is 5.24 Å². The van der Waals surface area contributed by atoms with Gasteiger partial charge in [0.05, 0.1) is 17.6 Å². The van der Waals surface area contributed by atoms with E-state index in [1.165, 1.54) is 6.20 Å². The van der Waals surface area contributed by atoms with Gasteiger partial charge in [-0.25, -0.2) is 4.90 Å². The number of carbonyl (C=O) groups is 3. The number of rotatable bonds is 4. The summed E-state index contributed by atoms with van der Waals surface area (Å²) in [6.07, 6.45) is 3.05. The first kappa shape index (κ1) is 15.2. The van der Waals surface area contributed by atoms with Crippen LogP contribution in [0, 0.1) is 0 Å². The van der Waals surface area contributed by atoms with Crippen molar-refractivity contribution in [3.63, 3.8) is 0 Å². The van der Waals surface area contributed by atoms with Gasteiger partial charge in [-0.05, 0) is 36.0 Å². The maximum Gasteiger partial charge on any atom is 0.293 e. The van der Waals surface area contributed by atoms with Crippen LogP contribution in [-0.4, -0.2) is 27.3 Å². The van der Waals surface area contributed by atoms with E-state index in [9.17, 15) is 14.4 Å². The van der Waals surface area contributed by atoms with E-state index in [1.807, 2.05) is 0 Å². The van der Waals surface area contributed by atoms with Crippen molar-refractivity contribution in [1.82, 2.24) is 4.98 Å². The number of aromatic nitrogens is 1. The summed E-state index contributed by atoms with van der Waals surface area (Å²) in [5.41, 5.74) is 1.07. The van der Waals surface area contributed by atoms with Crippen LogP contribution in [0.15, 0.2) is 54.9 Å². The van der Waals surface area contributed by atoms with Crippen molar-refractivity contribution >= 4 is 40.2 Å². The topological polar surface area (TPSA) is 79.4 Å². The number of para-hydroxylation sites is 1. The highest BCUT2D eigenvalue weighted by atomic mass is 32.2. The Labute approximate surface area is 136 Å². The summed E-state index contributed by atoms with van der Waals surface area (Å²) in [5.74, 6) is -0.695. The van der Waals surface area contributed by atoms with Gasteiger partial charge in [-0.15, -0.1) is 0 Å². The maximum atomic E-state index is 12.4. The Kier molecular flexibility index (Phi) is 4.38. The predicted molar refractivity (Wildman–Crippen MR) is 88.2 cm³/mol. The van der Waals surface area contributed by atoms with Gasteiger partial charge in [-0.3, -0.25) is 19.4 Å². The van der Waals surface area contributed by atoms with Gasteiger partial charge in [-0.2, -0.15) is 0 Å². The Bertz CT molecular complexity index is 737. The van der Waals surface area contributed by atoms with Crippen LogP contribution in [0.2, 0.25) is 0 Å². The maximum absolute atomic E-state index is 12.4. The van der Waals surface area contributed by atoms with Crippen molar-refractivity contribution in [2.75, 3.05) is 10.2 Å². The second kappa shape index (κ2) is 6.62. The van der Waals surface area contributed by atoms with E-state index < -0.39 is 5.25 Å². The number of thioether (sulfide) groups is 1. The summed E-state index contributed by atoms with van der Waals surface area (Å²) < 4.78 is 0. The Balaban J connectivity index is 1.67. The quantitative estimate of drug-likeness (QED) is 0.934. The molecule has 1 saturated heterocycles. The van der Waals surface area contributed by atoms with Crippen molar-refractivity contribution < 1.29 is 14.4 Å². The molecule has 23 heavy (non-hydrogen) atoms. The molecule has 1 N–H and O–H groups in total. The molecule has 0 saturated carbocycles. The largest absolute Gasteiger partial charge is 0.325 e. The monoisotopic (exact) mass is 327 g/mol. The van der Waals surface area contributed by atoms with Crippen LogP contribution in [0.3, 0.4) is 0 Å². The molecule has 1 aromatic carbocycles. The molecule has 6 nitrogen and oxygen atoms in total. The summed E-state index contributed by atoms with van der Waals surface area (Å²) in [6, 6.07) is 12.1. The minimum absolute atomic E-state index is 0.0620. The molecule has 2 heterocycles. The average molecular weight is 327 g/mol. The summed E-state index contributed by atoms with van der Waals surface area (Å²) >= 11 is 0.876. The minimum Gasteiger partial charge on any atom is -0.325 e. The first-order valence-corrected chi connectivity index (χ1v) is 7.82. The molecule has 1 aromatic heterocycles. The van der Waals surface area contributed by atoms with Crippen molar-refractivity contribution in [1.29, 1.82) is 0 Å². The predicted octanol–water partition coefficient (Wildman–Crippen LogP) is 2.68. The lowest BCUT2D eigenvalue weighted by atomic mass is 10.2. The van der Waals surface area contributed by atoms with E-state index in [0.717, 1.165) is 16.7 Å². The summed E-state index contributed by atoms with van der Waals surface area (Å²) in [7, 11) is 0. The van der Waals surface area contributed by atoms with Crippen molar-refractivity contribution in [2.45, 2.75) is 11.7 Å². The molecular formula is C16H13N3O3S. The Morgan fingerprint density at radius 3 is 2.65 bits per heavy atom. The van der Waals surface area contributed by atoms with Crippen molar-refractivity contribution in [3.8, 4) is 0 Å². The van der Waals surface area contributed by atoms with Crippen LogP contribution in [0.1, 0.15) is 6.42 Å². The highest BCUT2D eigenvalue weighted by Gasteiger charge is 2.41. The fourth-order valence-electron chi connectivity index (χ4n) is 2.21. The van der Waals surface area contributed by atoms with E-state index in [-0.39, 0.29) is 23.5 Å². The number of hydrogen-bond acceptors (Lipinski definition) is 5. The summed E-state index contributed by atoms with van der Waals surface area (Å²) in [5, 5.41) is 1.59. The molecule has 0 bridgehead atoms. The molecule has 0 aliphatic carbocycles. The SMILES string of the molecule is O=C(C[C@H]1SC(=O)N(c2ccccc2)C1=O)Nc1cccnc1. The number of nitrogens with one attached hydrogen (secondary N) is 1. The summed E-state index contributed by atoms with van der Waals surface area (Å²) in [6.45, 7) is 0. The molecule has 0 unspecified atom stereocenters. The summed E-state index contributed by atoms with van der Waals surface area (Å²) in [4.78, 5) is 41.5. The highest BCUT2D eigenvalue weighted by Crippen LogP contribution is 2.33. The number of benzene rings is 1. The first-order valence-electron chi connectivity index (χ1n) is 6.94. The van der Waals surface area contributed by atoms with Crippen LogP contribution in [0.5, 0.6) is 0 Å². The molecule has 116 valence electrons. The lowest BCUT2D eigenvalue weighted by Crippen LogP contribution is -2.32.